The quantitative estimate of drug-likeness (QED) is 0.112. The third-order valence-corrected chi connectivity index (χ3v) is 9.61. The summed E-state index contributed by atoms with van der Waals surface area (Å²) in [6, 6.07) is 13.4. The molecule has 288 valence electrons. The number of carboxylic acid groups (broad SMARTS) is 1. The number of carbonyl (C=O) groups excluding carboxylic acids is 1. The molecule has 17 heteroatoms. The molecule has 4 heterocycles. The number of hydrogen-bond acceptors (Lipinski definition) is 7. The summed E-state index contributed by atoms with van der Waals surface area (Å²) < 4.78 is 3.25. The van der Waals surface area contributed by atoms with Gasteiger partial charge in [0, 0.05) is 83.3 Å². The molecule has 4 aromatic heterocycles. The van der Waals surface area contributed by atoms with E-state index in [9.17, 15) is 19.2 Å². The molecule has 6 rings (SSSR count). The number of benzene rings is 2. The van der Waals surface area contributed by atoms with Gasteiger partial charge in [-0.2, -0.15) is 10.2 Å². The summed E-state index contributed by atoms with van der Waals surface area (Å²) in [5.41, 5.74) is 12.5. The Balaban J connectivity index is 0.000000204. The molecule has 0 spiro atoms. The largest absolute Gasteiger partial charge is 0.478 e. The van der Waals surface area contributed by atoms with Crippen LogP contribution in [-0.4, -0.2) is 46.5 Å². The minimum atomic E-state index is -1.11. The van der Waals surface area contributed by atoms with E-state index in [4.69, 9.17) is 57.2 Å². The molecule has 0 radical (unpaired) electrons. The lowest BCUT2D eigenvalue weighted by molar-refractivity contribution is 0.0696. The van der Waals surface area contributed by atoms with E-state index >= 15 is 0 Å². The van der Waals surface area contributed by atoms with Crippen molar-refractivity contribution in [2.75, 3.05) is 0 Å². The van der Waals surface area contributed by atoms with Crippen molar-refractivity contribution in [3.8, 4) is 22.5 Å². The van der Waals surface area contributed by atoms with Crippen LogP contribution in [0.2, 0.25) is 20.1 Å². The molecule has 1 amide bonds. The minimum absolute atomic E-state index is 0.0182. The molecule has 0 atom stereocenters. The van der Waals surface area contributed by atoms with Crippen molar-refractivity contribution in [1.82, 2.24) is 34.8 Å². The van der Waals surface area contributed by atoms with E-state index in [-0.39, 0.29) is 38.8 Å². The Morgan fingerprint density at radius 3 is 1.56 bits per heavy atom. The Bertz CT molecular complexity index is 2500. The van der Waals surface area contributed by atoms with E-state index < -0.39 is 11.9 Å². The molecule has 0 bridgehead atoms. The Hall–Kier alpha value is -5.18. The highest BCUT2D eigenvalue weighted by atomic mass is 35.5. The number of nitrogens with two attached hydrogens (primary N) is 1. The number of halogens is 4. The van der Waals surface area contributed by atoms with Crippen LogP contribution in [0.5, 0.6) is 0 Å². The minimum Gasteiger partial charge on any atom is -0.478 e. The summed E-state index contributed by atoms with van der Waals surface area (Å²) in [5.74, 6) is -1.52. The van der Waals surface area contributed by atoms with Gasteiger partial charge in [0.05, 0.1) is 32.6 Å². The van der Waals surface area contributed by atoms with Gasteiger partial charge in [0.15, 0.2) is 0 Å². The number of pyridine rings is 2. The van der Waals surface area contributed by atoms with Gasteiger partial charge < -0.3 is 26.1 Å². The fourth-order valence-electron chi connectivity index (χ4n) is 5.65. The summed E-state index contributed by atoms with van der Waals surface area (Å²) in [5, 5.41) is 21.0. The van der Waals surface area contributed by atoms with Gasteiger partial charge in [0.2, 0.25) is 0 Å². The number of hydrogen-bond donors (Lipinski definition) is 5. The van der Waals surface area contributed by atoms with Crippen molar-refractivity contribution >= 4 is 58.3 Å². The average molecular weight is 829 g/mol. The van der Waals surface area contributed by atoms with Crippen LogP contribution in [0.15, 0.2) is 70.5 Å². The van der Waals surface area contributed by atoms with E-state index in [0.29, 0.717) is 44.5 Å². The van der Waals surface area contributed by atoms with Crippen molar-refractivity contribution in [2.45, 2.75) is 40.8 Å². The highest BCUT2D eigenvalue weighted by Crippen LogP contribution is 2.35. The number of aromatic nitrogens is 6. The lowest BCUT2D eigenvalue weighted by atomic mass is 10.1. The molecule has 0 aliphatic carbocycles. The first-order chi connectivity index (χ1) is 25.9. The molecule has 0 aliphatic rings. The molecular formula is C38H38Cl4N8O5. The standard InChI is InChI=1S/C19H18Cl2N4O2.C11H8Cl2N2O2.C8H12N2O/c1-10-6-11(2)24-19(27)15(10)9-22-18(26)14-8-12(20)7-13(17(14)21)16-4-5-23-25(16)3;1-15-9(2-3-14-15)7-4-6(12)5-8(10(7)13)11(16)17;1-5-3-6(2)10-8(11)7(5)4-9/h4-8H,9H2,1-3H3,(H,22,26)(H,24,27);2-5H,1H3,(H,16,17);3H,4,9H2,1-2H3,(H,10,11). The van der Waals surface area contributed by atoms with Gasteiger partial charge in [-0.15, -0.1) is 0 Å². The number of amides is 1. The number of aromatic carboxylic acids is 1. The molecule has 6 N–H and O–H groups in total. The van der Waals surface area contributed by atoms with Crippen molar-refractivity contribution in [2.24, 2.45) is 19.8 Å². The molecular weight excluding hydrogens is 790 g/mol. The molecule has 0 saturated carbocycles. The molecule has 0 aliphatic heterocycles. The van der Waals surface area contributed by atoms with Gasteiger partial charge in [-0.1, -0.05) is 46.4 Å². The van der Waals surface area contributed by atoms with Crippen LogP contribution < -0.4 is 22.2 Å². The molecule has 0 saturated heterocycles. The third kappa shape index (κ3) is 10.3. The predicted molar refractivity (Wildman–Crippen MR) is 216 cm³/mol. The van der Waals surface area contributed by atoms with Crippen LogP contribution in [0.4, 0.5) is 0 Å². The molecule has 0 fully saturated rings. The fourth-order valence-corrected chi connectivity index (χ4v) is 6.66. The zero-order chi connectivity index (χ0) is 40.7. The number of carboxylic acids is 1. The molecule has 2 aromatic carbocycles. The summed E-state index contributed by atoms with van der Waals surface area (Å²) in [6.07, 6.45) is 3.24. The maximum absolute atomic E-state index is 12.7. The van der Waals surface area contributed by atoms with Crippen LogP contribution >= 0.6 is 46.4 Å². The lowest BCUT2D eigenvalue weighted by Crippen LogP contribution is -2.28. The van der Waals surface area contributed by atoms with Gasteiger partial charge in [-0.25, -0.2) is 4.79 Å². The number of rotatable bonds is 7. The molecule has 6 aromatic rings. The Labute approximate surface area is 336 Å². The monoisotopic (exact) mass is 826 g/mol. The fraction of sp³-hybridized carbons (Fsp3) is 0.211. The Kier molecular flexibility index (Phi) is 14.3. The van der Waals surface area contributed by atoms with Gasteiger partial charge in [-0.3, -0.25) is 23.7 Å². The summed E-state index contributed by atoms with van der Waals surface area (Å²) in [7, 11) is 3.52. The summed E-state index contributed by atoms with van der Waals surface area (Å²) in [4.78, 5) is 52.4. The third-order valence-electron chi connectivity index (χ3n) is 8.36. The highest BCUT2D eigenvalue weighted by molar-refractivity contribution is 6.39. The zero-order valence-electron chi connectivity index (χ0n) is 30.6. The lowest BCUT2D eigenvalue weighted by Gasteiger charge is -2.12. The van der Waals surface area contributed by atoms with Crippen molar-refractivity contribution < 1.29 is 14.7 Å². The van der Waals surface area contributed by atoms with Crippen molar-refractivity contribution in [1.29, 1.82) is 0 Å². The normalized spacial score (nSPS) is 10.6. The van der Waals surface area contributed by atoms with Crippen LogP contribution in [0, 0.1) is 27.7 Å². The number of carbonyl (C=O) groups is 2. The van der Waals surface area contributed by atoms with Crippen LogP contribution in [0.25, 0.3) is 22.5 Å². The first-order valence-corrected chi connectivity index (χ1v) is 18.0. The first kappa shape index (κ1) is 42.6. The van der Waals surface area contributed by atoms with E-state index in [1.807, 2.05) is 39.8 Å². The number of aromatic amines is 2. The smallest absolute Gasteiger partial charge is 0.337 e. The molecule has 55 heavy (non-hydrogen) atoms. The average Bonchev–Trinajstić information content (AvgIpc) is 3.73. The maximum atomic E-state index is 12.7. The summed E-state index contributed by atoms with van der Waals surface area (Å²) in [6.45, 7) is 7.78. The molecule has 13 nitrogen and oxygen atoms in total. The second-order valence-electron chi connectivity index (χ2n) is 12.4. The van der Waals surface area contributed by atoms with Gasteiger partial charge in [0.1, 0.15) is 0 Å². The van der Waals surface area contributed by atoms with Crippen LogP contribution in [0.1, 0.15) is 54.4 Å². The summed E-state index contributed by atoms with van der Waals surface area (Å²) >= 11 is 24.6. The number of H-pyrrole nitrogens is 2. The number of nitrogens with one attached hydrogen (secondary N) is 3. The van der Waals surface area contributed by atoms with E-state index in [2.05, 4.69) is 25.5 Å². The van der Waals surface area contributed by atoms with E-state index in [1.54, 1.807) is 60.1 Å². The van der Waals surface area contributed by atoms with Gasteiger partial charge in [-0.05, 0) is 87.4 Å². The highest BCUT2D eigenvalue weighted by Gasteiger charge is 2.19. The Morgan fingerprint density at radius 1 is 0.727 bits per heavy atom. The van der Waals surface area contributed by atoms with Crippen LogP contribution in [-0.2, 0) is 27.2 Å². The van der Waals surface area contributed by atoms with E-state index in [0.717, 1.165) is 28.2 Å². The van der Waals surface area contributed by atoms with Crippen LogP contribution in [0.3, 0.4) is 0 Å². The zero-order valence-corrected chi connectivity index (χ0v) is 33.7. The SMILES string of the molecule is Cc1cc(C)c(CN)c(=O)[nH]1.Cc1cc(C)c(CNC(=O)c2cc(Cl)cc(-c3ccnn3C)c2Cl)c(=O)[nH]1.Cn1nccc1-c1cc(Cl)cc(C(=O)O)c1Cl. The number of nitrogens with zero attached hydrogens (tertiary/aromatic N) is 4. The Morgan fingerprint density at radius 2 is 1.16 bits per heavy atom. The second kappa shape index (κ2) is 18.4. The number of aryl methyl sites for hydroxylation is 6. The van der Waals surface area contributed by atoms with Crippen molar-refractivity contribution in [3.05, 3.63) is 146 Å². The van der Waals surface area contributed by atoms with E-state index in [1.165, 1.54) is 12.1 Å². The predicted octanol–water partition coefficient (Wildman–Crippen LogP) is 7.17. The van der Waals surface area contributed by atoms with Crippen molar-refractivity contribution in [3.63, 3.8) is 0 Å². The topological polar surface area (TPSA) is 194 Å². The maximum Gasteiger partial charge on any atom is 0.337 e. The van der Waals surface area contributed by atoms with Gasteiger partial charge >= 0.3 is 5.97 Å². The second-order valence-corrected chi connectivity index (χ2v) is 14.0. The van der Waals surface area contributed by atoms with Gasteiger partial charge in [0.25, 0.3) is 17.0 Å². The molecule has 0 unspecified atom stereocenters. The first-order valence-electron chi connectivity index (χ1n) is 16.5.